The van der Waals surface area contributed by atoms with Gasteiger partial charge in [0.25, 0.3) is 5.91 Å². The number of anilines is 1. The van der Waals surface area contributed by atoms with Crippen molar-refractivity contribution in [2.75, 3.05) is 18.8 Å². The third-order valence-corrected chi connectivity index (χ3v) is 3.80. The summed E-state index contributed by atoms with van der Waals surface area (Å²) in [4.78, 5) is 18.7. The number of carbonyl (C=O) groups excluding carboxylic acids is 1. The van der Waals surface area contributed by atoms with Gasteiger partial charge in [-0.2, -0.15) is 9.78 Å². The maximum absolute atomic E-state index is 12.6. The molecule has 2 N–H and O–H groups in total. The Morgan fingerprint density at radius 1 is 1.14 bits per heavy atom. The fraction of sp³-hybridized carbons (Fsp3) is 0.400. The number of nitrogens with two attached hydrogens (primary N) is 1. The van der Waals surface area contributed by atoms with Crippen LogP contribution in [0.3, 0.4) is 0 Å². The van der Waals surface area contributed by atoms with Gasteiger partial charge in [0.1, 0.15) is 11.4 Å². The van der Waals surface area contributed by atoms with E-state index in [2.05, 4.69) is 10.1 Å². The second-order valence-corrected chi connectivity index (χ2v) is 5.25. The van der Waals surface area contributed by atoms with Crippen LogP contribution in [0.1, 0.15) is 36.0 Å². The molecule has 1 saturated heterocycles. The largest absolute Gasteiger partial charge is 0.383 e. The highest BCUT2D eigenvalue weighted by atomic mass is 16.2. The highest BCUT2D eigenvalue weighted by molar-refractivity contribution is 5.98. The molecule has 3 rings (SSSR count). The van der Waals surface area contributed by atoms with E-state index >= 15 is 0 Å². The van der Waals surface area contributed by atoms with E-state index in [1.807, 2.05) is 23.1 Å². The highest BCUT2D eigenvalue weighted by Gasteiger charge is 2.22. The molecule has 0 aliphatic carbocycles. The average Bonchev–Trinajstić information content (AvgIpc) is 2.74. The molecule has 2 aromatic heterocycles. The van der Waals surface area contributed by atoms with Gasteiger partial charge in [0, 0.05) is 19.3 Å². The van der Waals surface area contributed by atoms with Crippen LogP contribution in [0, 0.1) is 0 Å². The van der Waals surface area contributed by atoms with Crippen molar-refractivity contribution in [3.63, 3.8) is 0 Å². The van der Waals surface area contributed by atoms with Crippen LogP contribution in [0.25, 0.3) is 5.82 Å². The van der Waals surface area contributed by atoms with E-state index in [9.17, 15) is 4.79 Å². The summed E-state index contributed by atoms with van der Waals surface area (Å²) in [5.74, 6) is 0.935. The molecule has 21 heavy (non-hydrogen) atoms. The normalized spacial score (nSPS) is 15.7. The molecule has 0 unspecified atom stereocenters. The lowest BCUT2D eigenvalue weighted by Crippen LogP contribution is -2.32. The summed E-state index contributed by atoms with van der Waals surface area (Å²) in [6, 6.07) is 5.50. The molecule has 0 bridgehead atoms. The molecule has 0 saturated carbocycles. The third-order valence-electron chi connectivity index (χ3n) is 3.80. The molecule has 1 fully saturated rings. The molecule has 2 aromatic rings. The van der Waals surface area contributed by atoms with E-state index < -0.39 is 0 Å². The summed E-state index contributed by atoms with van der Waals surface area (Å²) in [6.45, 7) is 1.60. The summed E-state index contributed by atoms with van der Waals surface area (Å²) in [7, 11) is 0. The van der Waals surface area contributed by atoms with E-state index in [1.165, 1.54) is 23.7 Å². The number of aromatic nitrogens is 3. The Morgan fingerprint density at radius 2 is 1.90 bits per heavy atom. The lowest BCUT2D eigenvalue weighted by atomic mass is 10.2. The van der Waals surface area contributed by atoms with Crippen LogP contribution >= 0.6 is 0 Å². The van der Waals surface area contributed by atoms with E-state index in [0.29, 0.717) is 17.2 Å². The van der Waals surface area contributed by atoms with Crippen molar-refractivity contribution >= 4 is 11.7 Å². The van der Waals surface area contributed by atoms with Crippen LogP contribution in [0.15, 0.2) is 30.6 Å². The van der Waals surface area contributed by atoms with Gasteiger partial charge in [-0.3, -0.25) is 4.79 Å². The lowest BCUT2D eigenvalue weighted by Gasteiger charge is -2.19. The molecule has 0 atom stereocenters. The summed E-state index contributed by atoms with van der Waals surface area (Å²) >= 11 is 0. The van der Waals surface area contributed by atoms with Gasteiger partial charge in [-0.15, -0.1) is 0 Å². The number of amides is 1. The molecule has 1 aliphatic rings. The van der Waals surface area contributed by atoms with E-state index in [-0.39, 0.29) is 5.91 Å². The SMILES string of the molecule is Nc1c(C(=O)N2CCCCCC2)cnn1-c1ccccn1. The molecular formula is C15H19N5O. The number of pyridine rings is 1. The van der Waals surface area contributed by atoms with Crippen LogP contribution in [0.2, 0.25) is 0 Å². The first-order chi connectivity index (χ1) is 10.3. The van der Waals surface area contributed by atoms with E-state index in [0.717, 1.165) is 25.9 Å². The minimum absolute atomic E-state index is 0.0309. The standard InChI is InChI=1S/C15H19N5O/c16-14-12(15(21)19-9-5-1-2-6-10-19)11-18-20(14)13-7-3-4-8-17-13/h3-4,7-8,11H,1-2,5-6,9-10,16H2. The molecule has 1 aliphatic heterocycles. The summed E-state index contributed by atoms with van der Waals surface area (Å²) in [5.41, 5.74) is 6.56. The first-order valence-corrected chi connectivity index (χ1v) is 7.31. The van der Waals surface area contributed by atoms with Crippen molar-refractivity contribution in [2.24, 2.45) is 0 Å². The summed E-state index contributed by atoms with van der Waals surface area (Å²) in [6.07, 6.45) is 7.70. The van der Waals surface area contributed by atoms with Crippen molar-refractivity contribution in [3.8, 4) is 5.82 Å². The molecule has 0 spiro atoms. The van der Waals surface area contributed by atoms with Crippen molar-refractivity contribution < 1.29 is 4.79 Å². The van der Waals surface area contributed by atoms with Gasteiger partial charge in [-0.1, -0.05) is 18.9 Å². The fourth-order valence-corrected chi connectivity index (χ4v) is 2.63. The predicted molar refractivity (Wildman–Crippen MR) is 80.1 cm³/mol. The van der Waals surface area contributed by atoms with Crippen molar-refractivity contribution in [2.45, 2.75) is 25.7 Å². The molecular weight excluding hydrogens is 266 g/mol. The molecule has 110 valence electrons. The molecule has 6 heteroatoms. The zero-order valence-electron chi connectivity index (χ0n) is 11.9. The number of nitrogens with zero attached hydrogens (tertiary/aromatic N) is 4. The predicted octanol–water partition coefficient (Wildman–Crippen LogP) is 1.87. The second kappa shape index (κ2) is 5.95. The second-order valence-electron chi connectivity index (χ2n) is 5.25. The van der Waals surface area contributed by atoms with Crippen LogP contribution in [-0.2, 0) is 0 Å². The Bertz CT molecular complexity index is 614. The molecule has 3 heterocycles. The van der Waals surface area contributed by atoms with Crippen LogP contribution in [0.5, 0.6) is 0 Å². The van der Waals surface area contributed by atoms with Gasteiger partial charge >= 0.3 is 0 Å². The van der Waals surface area contributed by atoms with E-state index in [4.69, 9.17) is 5.73 Å². The molecule has 0 radical (unpaired) electrons. The minimum atomic E-state index is -0.0309. The minimum Gasteiger partial charge on any atom is -0.383 e. The number of hydrogen-bond acceptors (Lipinski definition) is 4. The Labute approximate surface area is 123 Å². The van der Waals surface area contributed by atoms with Gasteiger partial charge in [0.2, 0.25) is 0 Å². The average molecular weight is 285 g/mol. The maximum Gasteiger partial charge on any atom is 0.259 e. The van der Waals surface area contributed by atoms with Crippen molar-refractivity contribution in [1.29, 1.82) is 0 Å². The van der Waals surface area contributed by atoms with Crippen molar-refractivity contribution in [3.05, 3.63) is 36.2 Å². The fourth-order valence-electron chi connectivity index (χ4n) is 2.63. The van der Waals surface area contributed by atoms with Crippen LogP contribution in [-0.4, -0.2) is 38.7 Å². The van der Waals surface area contributed by atoms with Gasteiger partial charge in [0.05, 0.1) is 6.20 Å². The van der Waals surface area contributed by atoms with Crippen LogP contribution < -0.4 is 5.73 Å². The van der Waals surface area contributed by atoms with Gasteiger partial charge < -0.3 is 10.6 Å². The van der Waals surface area contributed by atoms with Crippen molar-refractivity contribution in [1.82, 2.24) is 19.7 Å². The number of carbonyl (C=O) groups is 1. The first-order valence-electron chi connectivity index (χ1n) is 7.31. The monoisotopic (exact) mass is 285 g/mol. The Kier molecular flexibility index (Phi) is 3.85. The Morgan fingerprint density at radius 3 is 2.57 bits per heavy atom. The van der Waals surface area contributed by atoms with Gasteiger partial charge in [-0.25, -0.2) is 4.98 Å². The summed E-state index contributed by atoms with van der Waals surface area (Å²) < 4.78 is 1.51. The topological polar surface area (TPSA) is 77.0 Å². The number of likely N-dealkylation sites (tertiary alicyclic amines) is 1. The Hall–Kier alpha value is -2.37. The molecule has 6 nitrogen and oxygen atoms in total. The zero-order chi connectivity index (χ0) is 14.7. The maximum atomic E-state index is 12.6. The highest BCUT2D eigenvalue weighted by Crippen LogP contribution is 2.19. The third kappa shape index (κ3) is 2.74. The van der Waals surface area contributed by atoms with Gasteiger partial charge in [-0.05, 0) is 25.0 Å². The van der Waals surface area contributed by atoms with Crippen LogP contribution in [0.4, 0.5) is 5.82 Å². The first kappa shape index (κ1) is 13.6. The van der Waals surface area contributed by atoms with Gasteiger partial charge in [0.15, 0.2) is 5.82 Å². The molecule has 0 aromatic carbocycles. The number of nitrogen functional groups attached to an aromatic ring is 1. The zero-order valence-corrected chi connectivity index (χ0v) is 11.9. The quantitative estimate of drug-likeness (QED) is 0.913. The lowest BCUT2D eigenvalue weighted by molar-refractivity contribution is 0.0762. The smallest absolute Gasteiger partial charge is 0.259 e. The van der Waals surface area contributed by atoms with E-state index in [1.54, 1.807) is 6.20 Å². The number of hydrogen-bond donors (Lipinski definition) is 1. The number of rotatable bonds is 2. The Balaban J connectivity index is 1.86. The molecule has 1 amide bonds. The summed E-state index contributed by atoms with van der Waals surface area (Å²) in [5, 5.41) is 4.21.